The van der Waals surface area contributed by atoms with Gasteiger partial charge in [-0.25, -0.2) is 0 Å². The first-order valence-electron chi connectivity index (χ1n) is 7.65. The van der Waals surface area contributed by atoms with Gasteiger partial charge in [0, 0.05) is 64.8 Å². The minimum Gasteiger partial charge on any atom is -0.337 e. The van der Waals surface area contributed by atoms with Crippen molar-refractivity contribution in [3.8, 4) is 0 Å². The van der Waals surface area contributed by atoms with Crippen LogP contribution in [0, 0.1) is 0 Å². The Bertz CT molecular complexity index is 299. The van der Waals surface area contributed by atoms with Crippen LogP contribution in [0.1, 0.15) is 20.3 Å². The number of rotatable bonds is 4. The molecule has 0 unspecified atom stereocenters. The molecule has 2 saturated heterocycles. The zero-order valence-electron chi connectivity index (χ0n) is 13.2. The van der Waals surface area contributed by atoms with Gasteiger partial charge in [0.05, 0.1) is 0 Å². The fourth-order valence-corrected chi connectivity index (χ4v) is 2.94. The molecule has 0 aromatic heterocycles. The van der Waals surface area contributed by atoms with Crippen molar-refractivity contribution in [2.45, 2.75) is 26.3 Å². The van der Waals surface area contributed by atoms with Gasteiger partial charge in [0.25, 0.3) is 0 Å². The Morgan fingerprint density at radius 2 is 1.71 bits per heavy atom. The molecule has 1 N–H and O–H groups in total. The van der Waals surface area contributed by atoms with Crippen LogP contribution in [0.5, 0.6) is 0 Å². The van der Waals surface area contributed by atoms with E-state index in [0.29, 0.717) is 18.4 Å². The number of piperazine rings is 2. The van der Waals surface area contributed by atoms with Crippen molar-refractivity contribution < 1.29 is 4.79 Å². The molecule has 0 bridgehead atoms. The summed E-state index contributed by atoms with van der Waals surface area (Å²) in [5.41, 5.74) is 0. The number of halogens is 2. The van der Waals surface area contributed by atoms with E-state index in [0.717, 1.165) is 58.9 Å². The predicted octanol–water partition coefficient (Wildman–Crippen LogP) is 0.678. The Balaban J connectivity index is 0.00000200. The standard InChI is InChI=1S/C14H28N4O.2ClH/c1-3-16-8-10-17(11-9-16)6-4-14(19)18-7-5-15-12-13(18)2;;/h13,15H,3-12H2,1-2H3;2*1H/t13-;;/m0../s1. The molecule has 0 spiro atoms. The average Bonchev–Trinajstić information content (AvgIpc) is 2.46. The first kappa shape index (κ1) is 20.9. The minimum atomic E-state index is 0. The number of nitrogens with one attached hydrogen (secondary N) is 1. The second kappa shape index (κ2) is 10.6. The summed E-state index contributed by atoms with van der Waals surface area (Å²) in [4.78, 5) is 19.2. The Morgan fingerprint density at radius 3 is 2.29 bits per heavy atom. The zero-order chi connectivity index (χ0) is 13.7. The van der Waals surface area contributed by atoms with E-state index in [9.17, 15) is 4.79 Å². The zero-order valence-corrected chi connectivity index (χ0v) is 14.8. The molecule has 126 valence electrons. The highest BCUT2D eigenvalue weighted by Gasteiger charge is 2.23. The van der Waals surface area contributed by atoms with Crippen LogP contribution in [-0.2, 0) is 4.79 Å². The molecule has 1 atom stereocenters. The molecule has 21 heavy (non-hydrogen) atoms. The van der Waals surface area contributed by atoms with E-state index in [1.165, 1.54) is 0 Å². The van der Waals surface area contributed by atoms with Gasteiger partial charge in [-0.3, -0.25) is 4.79 Å². The molecule has 0 aliphatic carbocycles. The van der Waals surface area contributed by atoms with Gasteiger partial charge in [-0.1, -0.05) is 6.92 Å². The highest BCUT2D eigenvalue weighted by Crippen LogP contribution is 2.07. The smallest absolute Gasteiger partial charge is 0.224 e. The van der Waals surface area contributed by atoms with E-state index in [1.54, 1.807) is 0 Å². The summed E-state index contributed by atoms with van der Waals surface area (Å²) in [6.07, 6.45) is 0.677. The monoisotopic (exact) mass is 340 g/mol. The number of carbonyl (C=O) groups is 1. The summed E-state index contributed by atoms with van der Waals surface area (Å²) in [5, 5.41) is 3.33. The molecule has 2 fully saturated rings. The van der Waals surface area contributed by atoms with Crippen molar-refractivity contribution in [3.05, 3.63) is 0 Å². The molecular weight excluding hydrogens is 311 g/mol. The second-order valence-corrected chi connectivity index (χ2v) is 5.67. The summed E-state index contributed by atoms with van der Waals surface area (Å²) < 4.78 is 0. The van der Waals surface area contributed by atoms with Crippen molar-refractivity contribution in [1.29, 1.82) is 0 Å². The Kier molecular flexibility index (Phi) is 10.6. The van der Waals surface area contributed by atoms with Gasteiger partial charge in [0.15, 0.2) is 0 Å². The number of likely N-dealkylation sites (N-methyl/N-ethyl adjacent to an activating group) is 1. The minimum absolute atomic E-state index is 0. The summed E-state index contributed by atoms with van der Waals surface area (Å²) >= 11 is 0. The summed E-state index contributed by atoms with van der Waals surface area (Å²) in [6.45, 7) is 13.7. The third kappa shape index (κ3) is 6.28. The lowest BCUT2D eigenvalue weighted by molar-refractivity contribution is -0.134. The van der Waals surface area contributed by atoms with E-state index in [-0.39, 0.29) is 24.8 Å². The van der Waals surface area contributed by atoms with Crippen LogP contribution in [0.15, 0.2) is 0 Å². The van der Waals surface area contributed by atoms with Gasteiger partial charge in [-0.05, 0) is 13.5 Å². The Morgan fingerprint density at radius 1 is 1.10 bits per heavy atom. The fraction of sp³-hybridized carbons (Fsp3) is 0.929. The van der Waals surface area contributed by atoms with Gasteiger partial charge in [0.2, 0.25) is 5.91 Å². The average molecular weight is 341 g/mol. The normalized spacial score (nSPS) is 24.1. The second-order valence-electron chi connectivity index (χ2n) is 5.67. The maximum atomic E-state index is 12.2. The van der Waals surface area contributed by atoms with Gasteiger partial charge >= 0.3 is 0 Å². The Labute approximate surface area is 141 Å². The molecule has 0 saturated carbocycles. The van der Waals surface area contributed by atoms with Gasteiger partial charge in [0.1, 0.15) is 0 Å². The van der Waals surface area contributed by atoms with Crippen LogP contribution in [-0.4, -0.2) is 85.6 Å². The lowest BCUT2D eigenvalue weighted by Gasteiger charge is -2.36. The van der Waals surface area contributed by atoms with Crippen LogP contribution in [0.25, 0.3) is 0 Å². The molecule has 5 nitrogen and oxygen atoms in total. The van der Waals surface area contributed by atoms with Gasteiger partial charge in [-0.2, -0.15) is 0 Å². The van der Waals surface area contributed by atoms with Crippen molar-refractivity contribution in [3.63, 3.8) is 0 Å². The van der Waals surface area contributed by atoms with Crippen molar-refractivity contribution >= 4 is 30.7 Å². The summed E-state index contributed by atoms with van der Waals surface area (Å²) in [5.74, 6) is 0.326. The van der Waals surface area contributed by atoms with Crippen molar-refractivity contribution in [2.75, 3.05) is 58.9 Å². The largest absolute Gasteiger partial charge is 0.337 e. The summed E-state index contributed by atoms with van der Waals surface area (Å²) in [7, 11) is 0. The molecule has 2 aliphatic heterocycles. The first-order chi connectivity index (χ1) is 9.20. The number of hydrogen-bond acceptors (Lipinski definition) is 4. The van der Waals surface area contributed by atoms with Crippen LogP contribution in [0.3, 0.4) is 0 Å². The van der Waals surface area contributed by atoms with Crippen molar-refractivity contribution in [1.82, 2.24) is 20.0 Å². The molecule has 1 amide bonds. The molecule has 0 aromatic rings. The van der Waals surface area contributed by atoms with E-state index >= 15 is 0 Å². The quantitative estimate of drug-likeness (QED) is 0.816. The van der Waals surface area contributed by atoms with Gasteiger partial charge < -0.3 is 20.0 Å². The van der Waals surface area contributed by atoms with Crippen LogP contribution >= 0.6 is 24.8 Å². The first-order valence-corrected chi connectivity index (χ1v) is 7.65. The van der Waals surface area contributed by atoms with E-state index < -0.39 is 0 Å². The topological polar surface area (TPSA) is 38.8 Å². The van der Waals surface area contributed by atoms with E-state index in [2.05, 4.69) is 29.0 Å². The fourth-order valence-electron chi connectivity index (χ4n) is 2.94. The van der Waals surface area contributed by atoms with E-state index in [1.807, 2.05) is 4.90 Å². The van der Waals surface area contributed by atoms with Crippen LogP contribution < -0.4 is 5.32 Å². The third-order valence-electron chi connectivity index (χ3n) is 4.38. The van der Waals surface area contributed by atoms with Gasteiger partial charge in [-0.15, -0.1) is 24.8 Å². The highest BCUT2D eigenvalue weighted by molar-refractivity contribution is 5.85. The number of hydrogen-bond donors (Lipinski definition) is 1. The number of carbonyl (C=O) groups excluding carboxylic acids is 1. The van der Waals surface area contributed by atoms with Crippen molar-refractivity contribution in [2.24, 2.45) is 0 Å². The number of nitrogens with zero attached hydrogens (tertiary/aromatic N) is 3. The van der Waals surface area contributed by atoms with Crippen LogP contribution in [0.2, 0.25) is 0 Å². The predicted molar refractivity (Wildman–Crippen MR) is 91.7 cm³/mol. The SMILES string of the molecule is CCN1CCN(CCC(=O)N2CCNC[C@@H]2C)CC1.Cl.Cl. The summed E-state index contributed by atoms with van der Waals surface area (Å²) in [6, 6.07) is 0.346. The molecule has 2 aliphatic rings. The molecule has 0 aromatic carbocycles. The molecule has 0 radical (unpaired) electrons. The van der Waals surface area contributed by atoms with Crippen LogP contribution in [0.4, 0.5) is 0 Å². The lowest BCUT2D eigenvalue weighted by Crippen LogP contribution is -2.53. The highest BCUT2D eigenvalue weighted by atomic mass is 35.5. The third-order valence-corrected chi connectivity index (χ3v) is 4.38. The molecule has 2 heterocycles. The molecule has 2 rings (SSSR count). The maximum absolute atomic E-state index is 12.2. The number of amides is 1. The maximum Gasteiger partial charge on any atom is 0.224 e. The molecule has 7 heteroatoms. The Hall–Kier alpha value is -0.0700. The van der Waals surface area contributed by atoms with E-state index in [4.69, 9.17) is 0 Å². The molecular formula is C14H30Cl2N4O. The lowest BCUT2D eigenvalue weighted by atomic mass is 10.2.